The van der Waals surface area contributed by atoms with Crippen molar-refractivity contribution in [2.24, 2.45) is 0 Å². The molecule has 0 fully saturated rings. The molecule has 0 spiro atoms. The Labute approximate surface area is 93.2 Å². The second-order valence-electron chi connectivity index (χ2n) is 3.20. The highest BCUT2D eigenvalue weighted by atomic mass is 19.1. The molecule has 86 valence electrons. The van der Waals surface area contributed by atoms with E-state index in [2.05, 4.69) is 6.58 Å². The highest BCUT2D eigenvalue weighted by Crippen LogP contribution is 2.21. The Morgan fingerprint density at radius 1 is 1.56 bits per heavy atom. The zero-order valence-corrected chi connectivity index (χ0v) is 8.78. The maximum Gasteiger partial charge on any atom is 0.342 e. The van der Waals surface area contributed by atoms with Gasteiger partial charge in [0.25, 0.3) is 0 Å². The second-order valence-corrected chi connectivity index (χ2v) is 3.20. The van der Waals surface area contributed by atoms with Gasteiger partial charge in [-0.15, -0.1) is 6.58 Å². The Balaban J connectivity index is 2.75. The molecule has 16 heavy (non-hydrogen) atoms. The summed E-state index contributed by atoms with van der Waals surface area (Å²) in [7, 11) is 0. The van der Waals surface area contributed by atoms with Crippen molar-refractivity contribution < 1.29 is 19.0 Å². The van der Waals surface area contributed by atoms with Crippen LogP contribution in [0.15, 0.2) is 30.9 Å². The van der Waals surface area contributed by atoms with Crippen LogP contribution in [0, 0.1) is 5.82 Å². The predicted molar refractivity (Wildman–Crippen MR) is 58.3 cm³/mol. The Bertz CT molecular complexity index is 388. The quantitative estimate of drug-likeness (QED) is 0.597. The van der Waals surface area contributed by atoms with Gasteiger partial charge < -0.3 is 9.84 Å². The molecule has 1 N–H and O–H groups in total. The van der Waals surface area contributed by atoms with E-state index in [-0.39, 0.29) is 5.75 Å². The summed E-state index contributed by atoms with van der Waals surface area (Å²) in [4.78, 5) is 10.8. The monoisotopic (exact) mass is 224 g/mol. The summed E-state index contributed by atoms with van der Waals surface area (Å²) >= 11 is 0. The van der Waals surface area contributed by atoms with Crippen molar-refractivity contribution in [1.29, 1.82) is 0 Å². The zero-order chi connectivity index (χ0) is 12.0. The number of carboxylic acid groups (broad SMARTS) is 1. The van der Waals surface area contributed by atoms with Gasteiger partial charge in [-0.1, -0.05) is 12.1 Å². The lowest BCUT2D eigenvalue weighted by Crippen LogP contribution is -2.06. The van der Waals surface area contributed by atoms with Crippen LogP contribution >= 0.6 is 0 Å². The summed E-state index contributed by atoms with van der Waals surface area (Å²) in [5, 5.41) is 8.81. The minimum absolute atomic E-state index is 0.0663. The van der Waals surface area contributed by atoms with Gasteiger partial charge in [-0.25, -0.2) is 9.18 Å². The van der Waals surface area contributed by atoms with Crippen molar-refractivity contribution in [3.63, 3.8) is 0 Å². The zero-order valence-electron chi connectivity index (χ0n) is 8.78. The molecule has 0 heterocycles. The summed E-state index contributed by atoms with van der Waals surface area (Å²) in [5.74, 6) is -2.04. The highest BCUT2D eigenvalue weighted by molar-refractivity contribution is 5.91. The van der Waals surface area contributed by atoms with Crippen LogP contribution in [0.25, 0.3) is 0 Å². The van der Waals surface area contributed by atoms with Crippen LogP contribution in [-0.2, 0) is 0 Å². The SMILES string of the molecule is C=CCCCOc1cccc(F)c1C(=O)O. The van der Waals surface area contributed by atoms with Crippen molar-refractivity contribution in [2.45, 2.75) is 12.8 Å². The summed E-state index contributed by atoms with van der Waals surface area (Å²) in [5.41, 5.74) is -0.416. The van der Waals surface area contributed by atoms with Crippen molar-refractivity contribution in [3.05, 3.63) is 42.2 Å². The second kappa shape index (κ2) is 5.90. The number of carboxylic acids is 1. The molecule has 0 bridgehead atoms. The summed E-state index contributed by atoms with van der Waals surface area (Å²) in [6.45, 7) is 3.90. The fourth-order valence-electron chi connectivity index (χ4n) is 1.24. The van der Waals surface area contributed by atoms with Gasteiger partial charge in [-0.2, -0.15) is 0 Å². The van der Waals surface area contributed by atoms with Gasteiger partial charge in [0.2, 0.25) is 0 Å². The maximum atomic E-state index is 13.2. The van der Waals surface area contributed by atoms with Crippen molar-refractivity contribution in [1.82, 2.24) is 0 Å². The molecule has 0 aliphatic rings. The van der Waals surface area contributed by atoms with E-state index in [0.717, 1.165) is 18.9 Å². The molecule has 3 nitrogen and oxygen atoms in total. The lowest BCUT2D eigenvalue weighted by Gasteiger charge is -2.08. The normalized spacial score (nSPS) is 9.81. The van der Waals surface area contributed by atoms with Crippen LogP contribution in [-0.4, -0.2) is 17.7 Å². The Morgan fingerprint density at radius 3 is 2.94 bits per heavy atom. The fourth-order valence-corrected chi connectivity index (χ4v) is 1.24. The molecule has 0 aliphatic heterocycles. The maximum absolute atomic E-state index is 13.2. The van der Waals surface area contributed by atoms with Crippen LogP contribution in [0.5, 0.6) is 5.75 Å². The molecule has 4 heteroatoms. The third-order valence-corrected chi connectivity index (χ3v) is 2.00. The Morgan fingerprint density at radius 2 is 2.31 bits per heavy atom. The topological polar surface area (TPSA) is 46.5 Å². The molecule has 0 saturated heterocycles. The number of benzene rings is 1. The van der Waals surface area contributed by atoms with Gasteiger partial charge in [0.1, 0.15) is 17.1 Å². The lowest BCUT2D eigenvalue weighted by atomic mass is 10.2. The molecule has 0 atom stereocenters. The number of aromatic carboxylic acids is 1. The van der Waals surface area contributed by atoms with E-state index in [9.17, 15) is 9.18 Å². The number of hydrogen-bond donors (Lipinski definition) is 1. The van der Waals surface area contributed by atoms with Gasteiger partial charge in [-0.3, -0.25) is 0 Å². The first-order chi connectivity index (χ1) is 7.66. The highest BCUT2D eigenvalue weighted by Gasteiger charge is 2.16. The number of unbranched alkanes of at least 4 members (excludes halogenated alkanes) is 1. The van der Waals surface area contributed by atoms with Crippen LogP contribution in [0.3, 0.4) is 0 Å². The number of rotatable bonds is 6. The smallest absolute Gasteiger partial charge is 0.342 e. The fraction of sp³-hybridized carbons (Fsp3) is 0.250. The number of allylic oxidation sites excluding steroid dienone is 1. The summed E-state index contributed by atoms with van der Waals surface area (Å²) < 4.78 is 18.4. The lowest BCUT2D eigenvalue weighted by molar-refractivity contribution is 0.0687. The number of hydrogen-bond acceptors (Lipinski definition) is 2. The predicted octanol–water partition coefficient (Wildman–Crippen LogP) is 2.87. The van der Waals surface area contributed by atoms with Crippen molar-refractivity contribution in [3.8, 4) is 5.75 Å². The van der Waals surface area contributed by atoms with E-state index >= 15 is 0 Å². The van der Waals surface area contributed by atoms with Crippen molar-refractivity contribution in [2.75, 3.05) is 6.61 Å². The molecule has 1 aromatic carbocycles. The number of carbonyl (C=O) groups is 1. The number of ether oxygens (including phenoxy) is 1. The average molecular weight is 224 g/mol. The average Bonchev–Trinajstić information content (AvgIpc) is 2.24. The molecule has 0 amide bonds. The van der Waals surface area contributed by atoms with Crippen molar-refractivity contribution >= 4 is 5.97 Å². The molecule has 0 unspecified atom stereocenters. The first-order valence-corrected chi connectivity index (χ1v) is 4.92. The standard InChI is InChI=1S/C12H13FO3/c1-2-3-4-8-16-10-7-5-6-9(13)11(10)12(14)15/h2,5-7H,1,3-4,8H2,(H,14,15). The van der Waals surface area contributed by atoms with E-state index in [4.69, 9.17) is 9.84 Å². The molecule has 0 aromatic heterocycles. The largest absolute Gasteiger partial charge is 0.493 e. The van der Waals surface area contributed by atoms with Gasteiger partial charge >= 0.3 is 5.97 Å². The first kappa shape index (κ1) is 12.2. The Kier molecular flexibility index (Phi) is 4.51. The van der Waals surface area contributed by atoms with Gasteiger partial charge in [0.05, 0.1) is 6.61 Å². The van der Waals surface area contributed by atoms with E-state index in [1.54, 1.807) is 6.08 Å². The number of halogens is 1. The van der Waals surface area contributed by atoms with E-state index < -0.39 is 17.3 Å². The van der Waals surface area contributed by atoms with Crippen LogP contribution in [0.2, 0.25) is 0 Å². The molecule has 1 rings (SSSR count). The summed E-state index contributed by atoms with van der Waals surface area (Å²) in [6, 6.07) is 3.96. The minimum atomic E-state index is -1.32. The third-order valence-electron chi connectivity index (χ3n) is 2.00. The van der Waals surface area contributed by atoms with Gasteiger partial charge in [0.15, 0.2) is 0 Å². The molecular weight excluding hydrogens is 211 g/mol. The van der Waals surface area contributed by atoms with E-state index in [1.165, 1.54) is 12.1 Å². The molecule has 1 aromatic rings. The summed E-state index contributed by atoms with van der Waals surface area (Å²) in [6.07, 6.45) is 3.24. The van der Waals surface area contributed by atoms with E-state index in [0.29, 0.717) is 6.61 Å². The molecule has 0 radical (unpaired) electrons. The van der Waals surface area contributed by atoms with E-state index in [1.807, 2.05) is 0 Å². The molecule has 0 aliphatic carbocycles. The van der Waals surface area contributed by atoms with Gasteiger partial charge in [0, 0.05) is 0 Å². The van der Waals surface area contributed by atoms with Gasteiger partial charge in [-0.05, 0) is 25.0 Å². The van der Waals surface area contributed by atoms with Crippen LogP contribution < -0.4 is 4.74 Å². The Hall–Kier alpha value is -1.84. The molecule has 0 saturated carbocycles. The molecular formula is C12H13FO3. The minimum Gasteiger partial charge on any atom is -0.493 e. The first-order valence-electron chi connectivity index (χ1n) is 4.92. The van der Waals surface area contributed by atoms with Crippen LogP contribution in [0.1, 0.15) is 23.2 Å². The third kappa shape index (κ3) is 3.08. The van der Waals surface area contributed by atoms with Crippen LogP contribution in [0.4, 0.5) is 4.39 Å².